The largest absolute Gasteiger partial charge is 0.379 e. The maximum Gasteiger partial charge on any atom is 0.123 e. The molecule has 0 aromatic heterocycles. The molecule has 3 nitrogen and oxygen atoms in total. The van der Waals surface area contributed by atoms with Crippen molar-refractivity contribution in [2.24, 2.45) is 0 Å². The van der Waals surface area contributed by atoms with Crippen molar-refractivity contribution < 1.29 is 9.13 Å². The zero-order valence-electron chi connectivity index (χ0n) is 13.0. The minimum atomic E-state index is -0.242. The summed E-state index contributed by atoms with van der Waals surface area (Å²) in [7, 11) is 1.94. The summed E-state index contributed by atoms with van der Waals surface area (Å²) in [5, 5.41) is 3.99. The topological polar surface area (TPSA) is 24.5 Å². The van der Waals surface area contributed by atoms with Gasteiger partial charge in [-0.25, -0.2) is 4.39 Å². The van der Waals surface area contributed by atoms with Gasteiger partial charge in [0.25, 0.3) is 0 Å². The second-order valence-electron chi connectivity index (χ2n) is 6.03. The third-order valence-electron chi connectivity index (χ3n) is 4.46. The van der Waals surface area contributed by atoms with Gasteiger partial charge in [0, 0.05) is 29.7 Å². The molecule has 1 N–H and O–H groups in total. The van der Waals surface area contributed by atoms with E-state index in [1.54, 1.807) is 6.07 Å². The van der Waals surface area contributed by atoms with Crippen LogP contribution in [0.1, 0.15) is 19.4 Å². The van der Waals surface area contributed by atoms with Gasteiger partial charge in [0.05, 0.1) is 13.2 Å². The molecular formula is C16H24ClFN2O. The molecule has 0 amide bonds. The van der Waals surface area contributed by atoms with Crippen molar-refractivity contribution in [1.29, 1.82) is 0 Å². The number of hydrogen-bond acceptors (Lipinski definition) is 3. The SMILES string of the molecule is CNC(Cc1cc(F)ccc1Cl)C(C)(C)N1CCOCC1. The molecule has 1 aromatic carbocycles. The van der Waals surface area contributed by atoms with Crippen LogP contribution in [0.15, 0.2) is 18.2 Å². The first-order chi connectivity index (χ1) is 9.95. The highest BCUT2D eigenvalue weighted by Crippen LogP contribution is 2.26. The monoisotopic (exact) mass is 314 g/mol. The quantitative estimate of drug-likeness (QED) is 0.904. The molecule has 1 aliphatic rings. The zero-order chi connectivity index (χ0) is 15.5. The van der Waals surface area contributed by atoms with Gasteiger partial charge >= 0.3 is 0 Å². The Labute approximate surface area is 131 Å². The summed E-state index contributed by atoms with van der Waals surface area (Å²) in [6.07, 6.45) is 0.692. The average Bonchev–Trinajstić information content (AvgIpc) is 2.48. The minimum absolute atomic E-state index is 0.0613. The number of ether oxygens (including phenoxy) is 1. The number of halogens is 2. The van der Waals surface area contributed by atoms with E-state index in [0.29, 0.717) is 11.4 Å². The second kappa shape index (κ2) is 7.05. The van der Waals surface area contributed by atoms with E-state index in [-0.39, 0.29) is 17.4 Å². The zero-order valence-corrected chi connectivity index (χ0v) is 13.7. The summed E-state index contributed by atoms with van der Waals surface area (Å²) in [5.74, 6) is -0.242. The first-order valence-electron chi connectivity index (χ1n) is 7.39. The Bertz CT molecular complexity index is 475. The van der Waals surface area contributed by atoms with Crippen LogP contribution >= 0.6 is 11.6 Å². The molecule has 0 radical (unpaired) electrons. The van der Waals surface area contributed by atoms with Crippen LogP contribution in [0.5, 0.6) is 0 Å². The Balaban J connectivity index is 2.16. The number of hydrogen-bond donors (Lipinski definition) is 1. The van der Waals surface area contributed by atoms with Crippen molar-refractivity contribution in [3.8, 4) is 0 Å². The van der Waals surface area contributed by atoms with Crippen molar-refractivity contribution in [2.75, 3.05) is 33.4 Å². The summed E-state index contributed by atoms with van der Waals surface area (Å²) < 4.78 is 18.9. The molecule has 0 saturated carbocycles. The molecule has 1 atom stereocenters. The molecule has 1 unspecified atom stereocenters. The summed E-state index contributed by atoms with van der Waals surface area (Å²) >= 11 is 6.21. The van der Waals surface area contributed by atoms with Crippen LogP contribution in [-0.2, 0) is 11.2 Å². The standard InChI is InChI=1S/C16H24ClFN2O/c1-16(2,20-6-8-21-9-7-20)15(19-3)11-12-10-13(18)4-5-14(12)17/h4-5,10,15,19H,6-9,11H2,1-3H3. The third kappa shape index (κ3) is 3.95. The molecule has 118 valence electrons. The van der Waals surface area contributed by atoms with Crippen LogP contribution in [-0.4, -0.2) is 49.8 Å². The Hall–Kier alpha value is -0.680. The van der Waals surface area contributed by atoms with Gasteiger partial charge in [0.1, 0.15) is 5.82 Å². The average molecular weight is 315 g/mol. The van der Waals surface area contributed by atoms with E-state index in [9.17, 15) is 4.39 Å². The summed E-state index contributed by atoms with van der Waals surface area (Å²) in [6.45, 7) is 7.80. The molecule has 1 heterocycles. The summed E-state index contributed by atoms with van der Waals surface area (Å²) in [6, 6.07) is 4.73. The van der Waals surface area contributed by atoms with Gasteiger partial charge in [-0.2, -0.15) is 0 Å². The van der Waals surface area contributed by atoms with Crippen LogP contribution < -0.4 is 5.32 Å². The van der Waals surface area contributed by atoms with E-state index >= 15 is 0 Å². The molecule has 0 spiro atoms. The lowest BCUT2D eigenvalue weighted by atomic mass is 9.87. The molecular weight excluding hydrogens is 291 g/mol. The van der Waals surface area contributed by atoms with Crippen molar-refractivity contribution >= 4 is 11.6 Å². The molecule has 1 aliphatic heterocycles. The molecule has 1 fully saturated rings. The number of nitrogens with one attached hydrogen (secondary N) is 1. The van der Waals surface area contributed by atoms with Crippen LogP contribution in [0.3, 0.4) is 0 Å². The van der Waals surface area contributed by atoms with Crippen molar-refractivity contribution in [2.45, 2.75) is 31.8 Å². The molecule has 1 saturated heterocycles. The predicted octanol–water partition coefficient (Wildman–Crippen LogP) is 2.72. The van der Waals surface area contributed by atoms with Crippen molar-refractivity contribution in [3.05, 3.63) is 34.6 Å². The normalized spacial score (nSPS) is 18.7. The molecule has 1 aromatic rings. The summed E-state index contributed by atoms with van der Waals surface area (Å²) in [5.41, 5.74) is 0.783. The van der Waals surface area contributed by atoms with E-state index in [1.165, 1.54) is 12.1 Å². The first-order valence-corrected chi connectivity index (χ1v) is 7.77. The smallest absolute Gasteiger partial charge is 0.123 e. The molecule has 0 aliphatic carbocycles. The number of rotatable bonds is 5. The van der Waals surface area contributed by atoms with E-state index in [1.807, 2.05) is 7.05 Å². The van der Waals surface area contributed by atoms with E-state index in [4.69, 9.17) is 16.3 Å². The Morgan fingerprint density at radius 1 is 1.38 bits per heavy atom. The predicted molar refractivity (Wildman–Crippen MR) is 84.4 cm³/mol. The maximum absolute atomic E-state index is 13.4. The van der Waals surface area contributed by atoms with Crippen LogP contribution in [0.25, 0.3) is 0 Å². The molecule has 2 rings (SSSR count). The van der Waals surface area contributed by atoms with Crippen molar-refractivity contribution in [3.63, 3.8) is 0 Å². The maximum atomic E-state index is 13.4. The number of likely N-dealkylation sites (N-methyl/N-ethyl adjacent to an activating group) is 1. The van der Waals surface area contributed by atoms with Gasteiger partial charge in [-0.15, -0.1) is 0 Å². The number of benzene rings is 1. The second-order valence-corrected chi connectivity index (χ2v) is 6.44. The Kier molecular flexibility index (Phi) is 5.60. The van der Waals surface area contributed by atoms with Crippen LogP contribution in [0, 0.1) is 5.82 Å². The highest BCUT2D eigenvalue weighted by Gasteiger charge is 2.35. The highest BCUT2D eigenvalue weighted by molar-refractivity contribution is 6.31. The molecule has 21 heavy (non-hydrogen) atoms. The van der Waals surface area contributed by atoms with E-state index < -0.39 is 0 Å². The fourth-order valence-electron chi connectivity index (χ4n) is 2.98. The highest BCUT2D eigenvalue weighted by atomic mass is 35.5. The third-order valence-corrected chi connectivity index (χ3v) is 4.83. The molecule has 0 bridgehead atoms. The van der Waals surface area contributed by atoms with Crippen LogP contribution in [0.2, 0.25) is 5.02 Å². The van der Waals surface area contributed by atoms with E-state index in [2.05, 4.69) is 24.1 Å². The van der Waals surface area contributed by atoms with Gasteiger partial charge in [0.2, 0.25) is 0 Å². The Morgan fingerprint density at radius 3 is 2.67 bits per heavy atom. The lowest BCUT2D eigenvalue weighted by Crippen LogP contribution is -2.60. The Morgan fingerprint density at radius 2 is 2.05 bits per heavy atom. The number of morpholine rings is 1. The minimum Gasteiger partial charge on any atom is -0.379 e. The van der Waals surface area contributed by atoms with Gasteiger partial charge in [-0.05, 0) is 51.1 Å². The van der Waals surface area contributed by atoms with Crippen molar-refractivity contribution in [1.82, 2.24) is 10.2 Å². The fraction of sp³-hybridized carbons (Fsp3) is 0.625. The van der Waals surface area contributed by atoms with Crippen LogP contribution in [0.4, 0.5) is 4.39 Å². The van der Waals surface area contributed by atoms with Gasteiger partial charge < -0.3 is 10.1 Å². The van der Waals surface area contributed by atoms with Gasteiger partial charge in [-0.1, -0.05) is 11.6 Å². The number of nitrogens with zero attached hydrogens (tertiary/aromatic N) is 1. The first kappa shape index (κ1) is 16.7. The molecule has 5 heteroatoms. The lowest BCUT2D eigenvalue weighted by molar-refractivity contribution is -0.0223. The fourth-order valence-corrected chi connectivity index (χ4v) is 3.18. The van der Waals surface area contributed by atoms with E-state index in [0.717, 1.165) is 31.9 Å². The summed E-state index contributed by atoms with van der Waals surface area (Å²) in [4.78, 5) is 2.42. The lowest BCUT2D eigenvalue weighted by Gasteiger charge is -2.46. The van der Waals surface area contributed by atoms with Gasteiger partial charge in [-0.3, -0.25) is 4.90 Å². The van der Waals surface area contributed by atoms with Gasteiger partial charge in [0.15, 0.2) is 0 Å².